The fourth-order valence-corrected chi connectivity index (χ4v) is 1.02. The van der Waals surface area contributed by atoms with Crippen molar-refractivity contribution in [3.05, 3.63) is 18.6 Å². The molecule has 0 nitrogen and oxygen atoms in total. The van der Waals surface area contributed by atoms with Crippen LogP contribution in [0.2, 0.25) is 0 Å². The minimum absolute atomic E-state index is 0.814. The minimum atomic E-state index is 0.814. The summed E-state index contributed by atoms with van der Waals surface area (Å²) >= 11 is 0. The summed E-state index contributed by atoms with van der Waals surface area (Å²) in [6.45, 7) is 2.27. The molecule has 0 fully saturated rings. The molecule has 0 saturated carbocycles. The molecule has 1 radical (unpaired) electrons. The van der Waals surface area contributed by atoms with Crippen molar-refractivity contribution in [3.63, 3.8) is 0 Å². The topological polar surface area (TPSA) is 0 Å². The SMILES string of the molecule is C[C@H]1[CH]C=CCCC1. The predicted molar refractivity (Wildman–Crippen MR) is 36.5 cm³/mol. The van der Waals surface area contributed by atoms with Gasteiger partial charge in [0.15, 0.2) is 0 Å². The highest BCUT2D eigenvalue weighted by atomic mass is 14.1. The lowest BCUT2D eigenvalue weighted by Crippen LogP contribution is -1.89. The van der Waals surface area contributed by atoms with Crippen LogP contribution in [0.3, 0.4) is 0 Å². The van der Waals surface area contributed by atoms with E-state index in [9.17, 15) is 0 Å². The van der Waals surface area contributed by atoms with Crippen molar-refractivity contribution in [2.45, 2.75) is 26.2 Å². The third-order valence-electron chi connectivity index (χ3n) is 1.61. The fourth-order valence-electron chi connectivity index (χ4n) is 1.02. The number of hydrogen-bond acceptors (Lipinski definition) is 0. The van der Waals surface area contributed by atoms with Gasteiger partial charge in [0, 0.05) is 0 Å². The van der Waals surface area contributed by atoms with E-state index in [1.807, 2.05) is 0 Å². The lowest BCUT2D eigenvalue weighted by atomic mass is 10.0. The van der Waals surface area contributed by atoms with Gasteiger partial charge in [0.1, 0.15) is 0 Å². The van der Waals surface area contributed by atoms with E-state index in [1.165, 1.54) is 19.3 Å². The van der Waals surface area contributed by atoms with Gasteiger partial charge >= 0.3 is 0 Å². The van der Waals surface area contributed by atoms with E-state index < -0.39 is 0 Å². The Balaban J connectivity index is 2.30. The standard InChI is InChI=1S/C8H13/c1-8-6-4-2-3-5-7-8/h2,4,6,8H,3,5,7H2,1H3/t8-/m0/s1. The first kappa shape index (κ1) is 5.87. The van der Waals surface area contributed by atoms with Crippen LogP contribution >= 0.6 is 0 Å². The number of hydrogen-bond donors (Lipinski definition) is 0. The van der Waals surface area contributed by atoms with Crippen LogP contribution in [0, 0.1) is 12.3 Å². The molecule has 0 bridgehead atoms. The van der Waals surface area contributed by atoms with Gasteiger partial charge in [0.05, 0.1) is 0 Å². The fraction of sp³-hybridized carbons (Fsp3) is 0.625. The zero-order chi connectivity index (χ0) is 5.82. The Hall–Kier alpha value is -0.260. The molecule has 1 atom stereocenters. The highest BCUT2D eigenvalue weighted by molar-refractivity contribution is 4.99. The molecule has 1 rings (SSSR count). The van der Waals surface area contributed by atoms with Gasteiger partial charge in [0.25, 0.3) is 0 Å². The normalized spacial score (nSPS) is 29.9. The third kappa shape index (κ3) is 1.69. The van der Waals surface area contributed by atoms with Crippen LogP contribution in [-0.4, -0.2) is 0 Å². The molecule has 1 aliphatic carbocycles. The monoisotopic (exact) mass is 109 g/mol. The summed E-state index contributed by atoms with van der Waals surface area (Å²) in [5.41, 5.74) is 0. The van der Waals surface area contributed by atoms with E-state index in [0.717, 1.165) is 5.92 Å². The van der Waals surface area contributed by atoms with Crippen LogP contribution in [0.25, 0.3) is 0 Å². The molecule has 0 unspecified atom stereocenters. The van der Waals surface area contributed by atoms with Crippen molar-refractivity contribution in [3.8, 4) is 0 Å². The summed E-state index contributed by atoms with van der Waals surface area (Å²) in [6.07, 6.45) is 10.7. The molecule has 0 saturated heterocycles. The van der Waals surface area contributed by atoms with E-state index in [0.29, 0.717) is 0 Å². The van der Waals surface area contributed by atoms with Gasteiger partial charge in [0.2, 0.25) is 0 Å². The summed E-state index contributed by atoms with van der Waals surface area (Å²) < 4.78 is 0. The van der Waals surface area contributed by atoms with Crippen molar-refractivity contribution in [2.24, 2.45) is 5.92 Å². The first-order chi connectivity index (χ1) is 3.89. The van der Waals surface area contributed by atoms with Crippen LogP contribution in [0.5, 0.6) is 0 Å². The maximum Gasteiger partial charge on any atom is -0.0142 e. The smallest absolute Gasteiger partial charge is 0.0142 e. The molecule has 0 heterocycles. The number of allylic oxidation sites excluding steroid dienone is 2. The molecular formula is C8H13. The second-order valence-electron chi connectivity index (χ2n) is 2.53. The van der Waals surface area contributed by atoms with E-state index in [4.69, 9.17) is 0 Å². The molecule has 0 aromatic rings. The maximum absolute atomic E-state index is 2.28. The Morgan fingerprint density at radius 1 is 1.50 bits per heavy atom. The number of rotatable bonds is 0. The van der Waals surface area contributed by atoms with Gasteiger partial charge in [-0.3, -0.25) is 0 Å². The zero-order valence-electron chi connectivity index (χ0n) is 5.43. The van der Waals surface area contributed by atoms with Crippen LogP contribution < -0.4 is 0 Å². The van der Waals surface area contributed by atoms with Gasteiger partial charge in [-0.1, -0.05) is 19.1 Å². The van der Waals surface area contributed by atoms with E-state index in [-0.39, 0.29) is 0 Å². The van der Waals surface area contributed by atoms with Crippen molar-refractivity contribution in [1.29, 1.82) is 0 Å². The lowest BCUT2D eigenvalue weighted by Gasteiger charge is -2.01. The van der Waals surface area contributed by atoms with Gasteiger partial charge in [-0.05, 0) is 31.6 Å². The second kappa shape index (κ2) is 2.91. The van der Waals surface area contributed by atoms with Crippen molar-refractivity contribution in [2.75, 3.05) is 0 Å². The quantitative estimate of drug-likeness (QED) is 0.448. The molecule has 0 spiro atoms. The first-order valence-corrected chi connectivity index (χ1v) is 3.39. The van der Waals surface area contributed by atoms with Crippen molar-refractivity contribution >= 4 is 0 Å². The van der Waals surface area contributed by atoms with Crippen LogP contribution in [-0.2, 0) is 0 Å². The molecule has 0 aromatic carbocycles. The zero-order valence-corrected chi connectivity index (χ0v) is 5.43. The van der Waals surface area contributed by atoms with E-state index >= 15 is 0 Å². The van der Waals surface area contributed by atoms with Crippen molar-refractivity contribution in [1.82, 2.24) is 0 Å². The maximum atomic E-state index is 2.28. The van der Waals surface area contributed by atoms with E-state index in [1.54, 1.807) is 0 Å². The molecule has 0 heteroatoms. The average molecular weight is 109 g/mol. The highest BCUT2D eigenvalue weighted by Crippen LogP contribution is 2.15. The lowest BCUT2D eigenvalue weighted by molar-refractivity contribution is 0.600. The first-order valence-electron chi connectivity index (χ1n) is 3.39. The van der Waals surface area contributed by atoms with E-state index in [2.05, 4.69) is 25.5 Å². The highest BCUT2D eigenvalue weighted by Gasteiger charge is 2.00. The molecule has 0 amide bonds. The summed E-state index contributed by atoms with van der Waals surface area (Å²) in [6, 6.07) is 0. The van der Waals surface area contributed by atoms with Gasteiger partial charge < -0.3 is 0 Å². The molecule has 1 aliphatic rings. The predicted octanol–water partition coefficient (Wildman–Crippen LogP) is 2.57. The average Bonchev–Trinajstić information content (AvgIpc) is 1.94. The molecule has 0 aliphatic heterocycles. The summed E-state index contributed by atoms with van der Waals surface area (Å²) in [5.74, 6) is 0.814. The Labute approximate surface area is 51.6 Å². The second-order valence-corrected chi connectivity index (χ2v) is 2.53. The van der Waals surface area contributed by atoms with Crippen LogP contribution in [0.15, 0.2) is 12.2 Å². The van der Waals surface area contributed by atoms with Gasteiger partial charge in [-0.2, -0.15) is 0 Å². The molecule has 0 aromatic heterocycles. The molecular weight excluding hydrogens is 96.1 g/mol. The Morgan fingerprint density at radius 2 is 2.38 bits per heavy atom. The Kier molecular flexibility index (Phi) is 2.13. The summed E-state index contributed by atoms with van der Waals surface area (Å²) in [4.78, 5) is 0. The molecule has 0 N–H and O–H groups in total. The largest absolute Gasteiger partial charge is 0.0882 e. The van der Waals surface area contributed by atoms with Crippen LogP contribution in [0.1, 0.15) is 26.2 Å². The summed E-state index contributed by atoms with van der Waals surface area (Å²) in [7, 11) is 0. The van der Waals surface area contributed by atoms with Gasteiger partial charge in [-0.25, -0.2) is 0 Å². The molecule has 8 heavy (non-hydrogen) atoms. The van der Waals surface area contributed by atoms with Gasteiger partial charge in [-0.15, -0.1) is 0 Å². The minimum Gasteiger partial charge on any atom is -0.0882 e. The summed E-state index contributed by atoms with van der Waals surface area (Å²) in [5, 5.41) is 0. The van der Waals surface area contributed by atoms with Crippen LogP contribution in [0.4, 0.5) is 0 Å². The van der Waals surface area contributed by atoms with Crippen molar-refractivity contribution < 1.29 is 0 Å². The third-order valence-corrected chi connectivity index (χ3v) is 1.61. The Morgan fingerprint density at radius 3 is 3.25 bits per heavy atom. The Bertz CT molecular complexity index is 82.0. The molecule has 45 valence electrons.